The molecule has 0 amide bonds. The van der Waals surface area contributed by atoms with Crippen molar-refractivity contribution >= 4 is 35.0 Å². The molecule has 0 heterocycles. The average Bonchev–Trinajstić information content (AvgIpc) is 2.79. The first-order chi connectivity index (χ1) is 13.8. The Bertz CT molecular complexity index is 1020. The second-order valence-corrected chi connectivity index (χ2v) is 10.9. The molecule has 0 bridgehead atoms. The van der Waals surface area contributed by atoms with Crippen molar-refractivity contribution in [2.75, 3.05) is 0 Å². The second-order valence-electron chi connectivity index (χ2n) is 6.91. The molecule has 0 aliphatic heterocycles. The van der Waals surface area contributed by atoms with Gasteiger partial charge in [-0.15, -0.1) is 0 Å². The Balaban J connectivity index is 1.88. The molecule has 0 atom stereocenters. The first-order valence-electron chi connectivity index (χ1n) is 9.46. The lowest BCUT2D eigenvalue weighted by molar-refractivity contribution is 1.24. The summed E-state index contributed by atoms with van der Waals surface area (Å²) >= 11 is 0. The molecule has 28 heavy (non-hydrogen) atoms. The minimum absolute atomic E-state index is 0.861. The molecule has 3 heteroatoms. The third-order valence-electron chi connectivity index (χ3n) is 5.17. The lowest BCUT2D eigenvalue weighted by Crippen LogP contribution is -2.64. The summed E-state index contributed by atoms with van der Waals surface area (Å²) in [7, 11) is -2.21. The maximum absolute atomic E-state index is 4.65. The molecular formula is C25H22N2Si. The molecule has 0 saturated heterocycles. The van der Waals surface area contributed by atoms with Gasteiger partial charge in [0.2, 0.25) is 0 Å². The van der Waals surface area contributed by atoms with Crippen LogP contribution in [-0.4, -0.2) is 8.07 Å². The summed E-state index contributed by atoms with van der Waals surface area (Å²) in [5.74, 6) is 0. The smallest absolute Gasteiger partial charge is 0.148 e. The summed E-state index contributed by atoms with van der Waals surface area (Å²) in [6, 6.07) is 39.9. The Morgan fingerprint density at radius 2 is 0.964 bits per heavy atom. The van der Waals surface area contributed by atoms with E-state index in [1.165, 1.54) is 15.6 Å². The summed E-state index contributed by atoms with van der Waals surface area (Å²) < 4.78 is 0. The van der Waals surface area contributed by atoms with Crippen molar-refractivity contribution in [3.63, 3.8) is 0 Å². The summed E-state index contributed by atoms with van der Waals surface area (Å²) in [5.41, 5.74) is 1.80. The number of azo groups is 1. The Morgan fingerprint density at radius 1 is 0.500 bits per heavy atom. The largest absolute Gasteiger partial charge is 0.151 e. The van der Waals surface area contributed by atoms with Crippen LogP contribution in [0.15, 0.2) is 125 Å². The highest BCUT2D eigenvalue weighted by molar-refractivity contribution is 7.11. The first kappa shape index (κ1) is 18.1. The van der Waals surface area contributed by atoms with Gasteiger partial charge < -0.3 is 0 Å². The van der Waals surface area contributed by atoms with E-state index in [2.05, 4.69) is 95.6 Å². The van der Waals surface area contributed by atoms with Crippen LogP contribution in [0.2, 0.25) is 6.55 Å². The molecule has 0 N–H and O–H groups in total. The monoisotopic (exact) mass is 378 g/mol. The van der Waals surface area contributed by atoms with Gasteiger partial charge in [0.25, 0.3) is 0 Å². The Labute approximate surface area is 167 Å². The van der Waals surface area contributed by atoms with E-state index in [0.29, 0.717) is 0 Å². The summed E-state index contributed by atoms with van der Waals surface area (Å²) in [5, 5.41) is 13.1. The highest BCUT2D eigenvalue weighted by Crippen LogP contribution is 2.19. The van der Waals surface area contributed by atoms with Gasteiger partial charge in [0, 0.05) is 0 Å². The normalized spacial score (nSPS) is 11.6. The van der Waals surface area contributed by atoms with Crippen molar-refractivity contribution in [3.8, 4) is 0 Å². The third-order valence-corrected chi connectivity index (χ3v) is 9.65. The zero-order chi connectivity index (χ0) is 19.2. The van der Waals surface area contributed by atoms with Crippen LogP contribution in [0.25, 0.3) is 0 Å². The number of nitrogens with zero attached hydrogens (tertiary/aromatic N) is 2. The van der Waals surface area contributed by atoms with E-state index in [4.69, 9.17) is 0 Å². The zero-order valence-corrected chi connectivity index (χ0v) is 16.9. The second kappa shape index (κ2) is 8.15. The Hall–Kier alpha value is -3.30. The van der Waals surface area contributed by atoms with Crippen LogP contribution in [0, 0.1) is 0 Å². The van der Waals surface area contributed by atoms with Gasteiger partial charge in [0.1, 0.15) is 8.07 Å². The highest BCUT2D eigenvalue weighted by Gasteiger charge is 2.35. The molecule has 4 aromatic carbocycles. The van der Waals surface area contributed by atoms with Crippen molar-refractivity contribution in [1.29, 1.82) is 0 Å². The van der Waals surface area contributed by atoms with Crippen LogP contribution in [0.1, 0.15) is 0 Å². The Kier molecular flexibility index (Phi) is 5.26. The van der Waals surface area contributed by atoms with Crippen LogP contribution in [-0.2, 0) is 0 Å². The van der Waals surface area contributed by atoms with E-state index in [1.807, 2.05) is 36.4 Å². The first-order valence-corrected chi connectivity index (χ1v) is 12.0. The van der Waals surface area contributed by atoms with Crippen molar-refractivity contribution in [1.82, 2.24) is 0 Å². The van der Waals surface area contributed by atoms with Crippen molar-refractivity contribution in [2.24, 2.45) is 10.2 Å². The van der Waals surface area contributed by atoms with Gasteiger partial charge in [-0.25, -0.2) is 0 Å². The van der Waals surface area contributed by atoms with Gasteiger partial charge in [0.15, 0.2) is 0 Å². The highest BCUT2D eigenvalue weighted by atomic mass is 28.3. The predicted octanol–water partition coefficient (Wildman–Crippen LogP) is 5.20. The van der Waals surface area contributed by atoms with E-state index >= 15 is 0 Å². The van der Waals surface area contributed by atoms with E-state index in [1.54, 1.807) is 0 Å². The lowest BCUT2D eigenvalue weighted by atomic mass is 10.3. The summed E-state index contributed by atoms with van der Waals surface area (Å²) in [4.78, 5) is 0. The van der Waals surface area contributed by atoms with E-state index in [0.717, 1.165) is 11.4 Å². The fourth-order valence-corrected chi connectivity index (χ4v) is 7.36. The molecule has 136 valence electrons. The molecule has 2 nitrogen and oxygen atoms in total. The molecule has 0 unspecified atom stereocenters. The predicted molar refractivity (Wildman–Crippen MR) is 120 cm³/mol. The molecule has 4 aromatic rings. The van der Waals surface area contributed by atoms with Gasteiger partial charge in [-0.3, -0.25) is 0 Å². The molecular weight excluding hydrogens is 356 g/mol. The molecule has 0 radical (unpaired) electrons. The molecule has 0 aliphatic rings. The van der Waals surface area contributed by atoms with Crippen LogP contribution in [0.4, 0.5) is 11.4 Å². The standard InChI is InChI=1S/C25H22N2Si/c1-28(22-15-7-3-8-16-22,23-17-9-4-10-18-23)25-20-12-11-19-24(25)27-26-21-13-5-2-6-14-21/h2-20H,1H3. The topological polar surface area (TPSA) is 24.7 Å². The fourth-order valence-electron chi connectivity index (χ4n) is 3.61. The minimum Gasteiger partial charge on any atom is -0.151 e. The number of hydrogen-bond donors (Lipinski definition) is 0. The molecule has 0 spiro atoms. The van der Waals surface area contributed by atoms with Gasteiger partial charge in [-0.2, -0.15) is 10.2 Å². The quantitative estimate of drug-likeness (QED) is 0.259. The fraction of sp³-hybridized carbons (Fsp3) is 0.0400. The van der Waals surface area contributed by atoms with Crippen molar-refractivity contribution in [2.45, 2.75) is 6.55 Å². The van der Waals surface area contributed by atoms with E-state index in [9.17, 15) is 0 Å². The maximum atomic E-state index is 4.65. The molecule has 4 rings (SSSR count). The zero-order valence-electron chi connectivity index (χ0n) is 15.9. The number of hydrogen-bond acceptors (Lipinski definition) is 2. The van der Waals surface area contributed by atoms with Crippen LogP contribution >= 0.6 is 0 Å². The SMILES string of the molecule is C[Si](c1ccccc1)(c1ccccc1)c1ccccc1N=Nc1ccccc1. The number of rotatable bonds is 5. The maximum Gasteiger partial charge on any atom is 0.148 e. The van der Waals surface area contributed by atoms with Crippen molar-refractivity contribution in [3.05, 3.63) is 115 Å². The van der Waals surface area contributed by atoms with Crippen LogP contribution < -0.4 is 15.6 Å². The van der Waals surface area contributed by atoms with Crippen molar-refractivity contribution < 1.29 is 0 Å². The van der Waals surface area contributed by atoms with E-state index < -0.39 is 8.07 Å². The van der Waals surface area contributed by atoms with Gasteiger partial charge in [-0.05, 0) is 33.8 Å². The Morgan fingerprint density at radius 3 is 1.54 bits per heavy atom. The molecule has 0 saturated carbocycles. The molecule has 0 fully saturated rings. The van der Waals surface area contributed by atoms with Crippen LogP contribution in [0.5, 0.6) is 0 Å². The molecule has 0 aliphatic carbocycles. The van der Waals surface area contributed by atoms with E-state index in [-0.39, 0.29) is 0 Å². The van der Waals surface area contributed by atoms with Gasteiger partial charge >= 0.3 is 0 Å². The van der Waals surface area contributed by atoms with Crippen LogP contribution in [0.3, 0.4) is 0 Å². The molecule has 0 aromatic heterocycles. The third kappa shape index (κ3) is 3.57. The summed E-state index contributed by atoms with van der Waals surface area (Å²) in [6.07, 6.45) is 0. The average molecular weight is 379 g/mol. The minimum atomic E-state index is -2.21. The summed E-state index contributed by atoms with van der Waals surface area (Å²) in [6.45, 7) is 2.40. The number of benzene rings is 4. The van der Waals surface area contributed by atoms with Gasteiger partial charge in [0.05, 0.1) is 11.4 Å². The lowest BCUT2D eigenvalue weighted by Gasteiger charge is -2.30. The van der Waals surface area contributed by atoms with Gasteiger partial charge in [-0.1, -0.05) is 104 Å².